The van der Waals surface area contributed by atoms with Crippen molar-refractivity contribution in [3.63, 3.8) is 0 Å². The standard InChI is InChI=1S/C15H24N2O2/c1-11(17(2)3)10-16-14-7-8-19-15-6-5-12(18-4)9-13(14)15/h5-6,9,11,14,16H,7-8,10H2,1-4H3. The molecule has 0 aliphatic carbocycles. The maximum Gasteiger partial charge on any atom is 0.124 e. The lowest BCUT2D eigenvalue weighted by molar-refractivity contribution is 0.236. The van der Waals surface area contributed by atoms with Crippen molar-refractivity contribution in [3.05, 3.63) is 23.8 Å². The second-order valence-corrected chi connectivity index (χ2v) is 5.31. The van der Waals surface area contributed by atoms with Crippen LogP contribution in [0, 0.1) is 0 Å². The van der Waals surface area contributed by atoms with Crippen LogP contribution in [-0.4, -0.2) is 45.3 Å². The van der Waals surface area contributed by atoms with Crippen LogP contribution in [0.25, 0.3) is 0 Å². The van der Waals surface area contributed by atoms with E-state index in [9.17, 15) is 0 Å². The Balaban J connectivity index is 2.08. The average Bonchev–Trinajstić information content (AvgIpc) is 2.43. The molecule has 0 saturated heterocycles. The lowest BCUT2D eigenvalue weighted by Gasteiger charge is -2.29. The van der Waals surface area contributed by atoms with E-state index in [-0.39, 0.29) is 0 Å². The smallest absolute Gasteiger partial charge is 0.124 e. The predicted molar refractivity (Wildman–Crippen MR) is 77.0 cm³/mol. The zero-order valence-electron chi connectivity index (χ0n) is 12.3. The summed E-state index contributed by atoms with van der Waals surface area (Å²) in [5.41, 5.74) is 1.21. The third-order valence-electron chi connectivity index (χ3n) is 3.80. The van der Waals surface area contributed by atoms with E-state index < -0.39 is 0 Å². The number of nitrogens with zero attached hydrogens (tertiary/aromatic N) is 1. The number of hydrogen-bond acceptors (Lipinski definition) is 4. The fourth-order valence-electron chi connectivity index (χ4n) is 2.21. The first-order valence-corrected chi connectivity index (χ1v) is 6.82. The fourth-order valence-corrected chi connectivity index (χ4v) is 2.21. The van der Waals surface area contributed by atoms with Gasteiger partial charge in [-0.3, -0.25) is 0 Å². The maximum absolute atomic E-state index is 5.70. The van der Waals surface area contributed by atoms with Gasteiger partial charge in [-0.25, -0.2) is 0 Å². The molecule has 0 amide bonds. The third kappa shape index (κ3) is 3.39. The second kappa shape index (κ2) is 6.26. The van der Waals surface area contributed by atoms with Gasteiger partial charge < -0.3 is 19.7 Å². The number of likely N-dealkylation sites (N-methyl/N-ethyl adjacent to an activating group) is 1. The van der Waals surface area contributed by atoms with Gasteiger partial charge in [0.25, 0.3) is 0 Å². The Morgan fingerprint density at radius 1 is 1.47 bits per heavy atom. The van der Waals surface area contributed by atoms with Gasteiger partial charge in [0.15, 0.2) is 0 Å². The van der Waals surface area contributed by atoms with Gasteiger partial charge in [0.1, 0.15) is 11.5 Å². The number of nitrogens with one attached hydrogen (secondary N) is 1. The van der Waals surface area contributed by atoms with E-state index in [0.717, 1.165) is 31.1 Å². The summed E-state index contributed by atoms with van der Waals surface area (Å²) >= 11 is 0. The summed E-state index contributed by atoms with van der Waals surface area (Å²) < 4.78 is 11.0. The van der Waals surface area contributed by atoms with Crippen molar-refractivity contribution in [3.8, 4) is 11.5 Å². The van der Waals surface area contributed by atoms with E-state index in [1.165, 1.54) is 5.56 Å². The molecule has 1 aromatic carbocycles. The Hall–Kier alpha value is -1.26. The summed E-state index contributed by atoms with van der Waals surface area (Å²) in [4.78, 5) is 2.22. The highest BCUT2D eigenvalue weighted by molar-refractivity contribution is 5.43. The van der Waals surface area contributed by atoms with E-state index in [4.69, 9.17) is 9.47 Å². The molecule has 0 radical (unpaired) electrons. The Morgan fingerprint density at radius 3 is 2.95 bits per heavy atom. The quantitative estimate of drug-likeness (QED) is 0.882. The number of fused-ring (bicyclic) bond motifs is 1. The molecule has 4 nitrogen and oxygen atoms in total. The van der Waals surface area contributed by atoms with Crippen LogP contribution in [0.4, 0.5) is 0 Å². The van der Waals surface area contributed by atoms with Crippen molar-refractivity contribution in [2.24, 2.45) is 0 Å². The summed E-state index contributed by atoms with van der Waals surface area (Å²) in [6, 6.07) is 6.88. The highest BCUT2D eigenvalue weighted by Crippen LogP contribution is 2.34. The van der Waals surface area contributed by atoms with E-state index in [0.29, 0.717) is 12.1 Å². The molecule has 2 atom stereocenters. The first kappa shape index (κ1) is 14.2. The minimum absolute atomic E-state index is 0.348. The number of benzene rings is 1. The number of hydrogen-bond donors (Lipinski definition) is 1. The van der Waals surface area contributed by atoms with Crippen molar-refractivity contribution in [1.29, 1.82) is 0 Å². The highest BCUT2D eigenvalue weighted by Gasteiger charge is 2.22. The Kier molecular flexibility index (Phi) is 4.66. The lowest BCUT2D eigenvalue weighted by Crippen LogP contribution is -2.38. The molecule has 1 aliphatic heterocycles. The minimum atomic E-state index is 0.348. The second-order valence-electron chi connectivity index (χ2n) is 5.31. The van der Waals surface area contributed by atoms with Crippen molar-refractivity contribution >= 4 is 0 Å². The van der Waals surface area contributed by atoms with Gasteiger partial charge in [-0.05, 0) is 39.2 Å². The van der Waals surface area contributed by atoms with Crippen molar-refractivity contribution in [2.75, 3.05) is 34.4 Å². The molecule has 0 saturated carbocycles. The summed E-state index contributed by atoms with van der Waals surface area (Å²) in [5.74, 6) is 1.86. The van der Waals surface area contributed by atoms with Crippen LogP contribution in [0.3, 0.4) is 0 Å². The first-order valence-electron chi connectivity index (χ1n) is 6.82. The molecule has 1 aliphatic rings. The summed E-state index contributed by atoms with van der Waals surface area (Å²) in [6.07, 6.45) is 1.00. The molecular formula is C15H24N2O2. The Morgan fingerprint density at radius 2 is 2.26 bits per heavy atom. The topological polar surface area (TPSA) is 33.7 Å². The van der Waals surface area contributed by atoms with E-state index in [1.54, 1.807) is 7.11 Å². The third-order valence-corrected chi connectivity index (χ3v) is 3.80. The summed E-state index contributed by atoms with van der Waals surface area (Å²) in [5, 5.41) is 3.63. The highest BCUT2D eigenvalue weighted by atomic mass is 16.5. The summed E-state index contributed by atoms with van der Waals surface area (Å²) in [7, 11) is 5.91. The van der Waals surface area contributed by atoms with Gasteiger partial charge in [-0.15, -0.1) is 0 Å². The monoisotopic (exact) mass is 264 g/mol. The lowest BCUT2D eigenvalue weighted by atomic mass is 10.00. The van der Waals surface area contributed by atoms with Gasteiger partial charge in [0.05, 0.1) is 13.7 Å². The molecule has 0 bridgehead atoms. The van der Waals surface area contributed by atoms with Gasteiger partial charge in [0.2, 0.25) is 0 Å². The molecule has 0 spiro atoms. The molecule has 19 heavy (non-hydrogen) atoms. The number of methoxy groups -OCH3 is 1. The first-order chi connectivity index (χ1) is 9.11. The van der Waals surface area contributed by atoms with Crippen molar-refractivity contribution < 1.29 is 9.47 Å². The number of ether oxygens (including phenoxy) is 2. The molecule has 4 heteroatoms. The van der Waals surface area contributed by atoms with Crippen LogP contribution in [-0.2, 0) is 0 Å². The van der Waals surface area contributed by atoms with E-state index >= 15 is 0 Å². The zero-order valence-corrected chi connectivity index (χ0v) is 12.3. The Bertz CT molecular complexity index is 421. The van der Waals surface area contributed by atoms with Gasteiger partial charge in [-0.1, -0.05) is 0 Å². The zero-order chi connectivity index (χ0) is 13.8. The SMILES string of the molecule is COc1ccc2c(c1)C(NCC(C)N(C)C)CCO2. The largest absolute Gasteiger partial charge is 0.497 e. The normalized spacial score (nSPS) is 19.7. The van der Waals surface area contributed by atoms with E-state index in [2.05, 4.69) is 37.3 Å². The van der Waals surface area contributed by atoms with Gasteiger partial charge in [0, 0.05) is 30.6 Å². The van der Waals surface area contributed by atoms with Gasteiger partial charge in [-0.2, -0.15) is 0 Å². The van der Waals surface area contributed by atoms with Crippen LogP contribution in [0.15, 0.2) is 18.2 Å². The number of rotatable bonds is 5. The van der Waals surface area contributed by atoms with E-state index in [1.807, 2.05) is 12.1 Å². The average molecular weight is 264 g/mol. The van der Waals surface area contributed by atoms with Crippen LogP contribution in [0.5, 0.6) is 11.5 Å². The minimum Gasteiger partial charge on any atom is -0.497 e. The van der Waals surface area contributed by atoms with Crippen molar-refractivity contribution in [1.82, 2.24) is 10.2 Å². The summed E-state index contributed by atoms with van der Waals surface area (Å²) in [6.45, 7) is 3.96. The molecule has 2 unspecified atom stereocenters. The van der Waals surface area contributed by atoms with Gasteiger partial charge >= 0.3 is 0 Å². The van der Waals surface area contributed by atoms with Crippen LogP contribution in [0.1, 0.15) is 24.9 Å². The fraction of sp³-hybridized carbons (Fsp3) is 0.600. The predicted octanol–water partition coefficient (Wildman–Crippen LogP) is 2.06. The van der Waals surface area contributed by atoms with Crippen molar-refractivity contribution in [2.45, 2.75) is 25.4 Å². The molecule has 0 aromatic heterocycles. The molecule has 2 rings (SSSR count). The molecule has 1 N–H and O–H groups in total. The molecule has 1 heterocycles. The Labute approximate surface area is 115 Å². The molecule has 1 aromatic rings. The molecular weight excluding hydrogens is 240 g/mol. The van der Waals surface area contributed by atoms with Crippen LogP contribution >= 0.6 is 0 Å². The van der Waals surface area contributed by atoms with Crippen LogP contribution in [0.2, 0.25) is 0 Å². The van der Waals surface area contributed by atoms with Crippen LogP contribution < -0.4 is 14.8 Å². The molecule has 0 fully saturated rings. The molecule has 106 valence electrons. The maximum atomic E-state index is 5.70.